The molecule has 2 N–H and O–H groups in total. The number of nitrogens with one attached hydrogen (secondary N) is 1. The summed E-state index contributed by atoms with van der Waals surface area (Å²) in [6.07, 6.45) is 3.85. The minimum absolute atomic E-state index is 0.362. The fraction of sp³-hybridized carbons (Fsp3) is 0.667. The Bertz CT molecular complexity index is 604. The van der Waals surface area contributed by atoms with Crippen LogP contribution in [-0.2, 0) is 0 Å². The number of nitrogens with zero attached hydrogens (tertiary/aromatic N) is 4. The van der Waals surface area contributed by atoms with Crippen molar-refractivity contribution in [3.8, 4) is 5.75 Å². The van der Waals surface area contributed by atoms with E-state index in [1.54, 1.807) is 6.07 Å². The first-order valence-electron chi connectivity index (χ1n) is 10.4. The van der Waals surface area contributed by atoms with E-state index in [2.05, 4.69) is 31.9 Å². The van der Waals surface area contributed by atoms with Crippen molar-refractivity contribution < 1.29 is 5.11 Å². The molecule has 0 aliphatic carbocycles. The molecule has 0 radical (unpaired) electrons. The van der Waals surface area contributed by atoms with Gasteiger partial charge in [0.1, 0.15) is 5.75 Å². The molecule has 6 heteroatoms. The molecule has 2 heterocycles. The maximum Gasteiger partial charge on any atom is 0.193 e. The molecule has 0 unspecified atom stereocenters. The summed E-state index contributed by atoms with van der Waals surface area (Å²) in [5, 5.41) is 13.6. The summed E-state index contributed by atoms with van der Waals surface area (Å²) in [4.78, 5) is 11.6. The number of piperidine rings is 1. The number of phenolic OH excluding ortho intramolecular Hbond substituents is 1. The average Bonchev–Trinajstić information content (AvgIpc) is 2.70. The second kappa shape index (κ2) is 9.83. The van der Waals surface area contributed by atoms with E-state index in [9.17, 15) is 5.11 Å². The van der Waals surface area contributed by atoms with Crippen LogP contribution < -0.4 is 10.2 Å². The first-order chi connectivity index (χ1) is 13.2. The van der Waals surface area contributed by atoms with Gasteiger partial charge in [0.05, 0.1) is 5.69 Å². The van der Waals surface area contributed by atoms with Gasteiger partial charge in [-0.05, 0) is 56.9 Å². The van der Waals surface area contributed by atoms with Crippen molar-refractivity contribution >= 4 is 11.6 Å². The van der Waals surface area contributed by atoms with Crippen LogP contribution in [0.2, 0.25) is 0 Å². The number of para-hydroxylation sites is 2. The molecule has 27 heavy (non-hydrogen) atoms. The number of benzene rings is 1. The standard InChI is InChI=1S/C21H35N5O/c1-18-8-12-24(13-9-18)11-5-10-23-21(22-2)26-16-14-25(15-17-26)19-6-3-4-7-20(19)27/h3-4,6-7,18,27H,5,8-17H2,1-2H3,(H,22,23). The summed E-state index contributed by atoms with van der Waals surface area (Å²) < 4.78 is 0. The summed E-state index contributed by atoms with van der Waals surface area (Å²) in [5.74, 6) is 2.26. The van der Waals surface area contributed by atoms with E-state index in [1.165, 1.54) is 32.5 Å². The molecule has 1 aromatic carbocycles. The van der Waals surface area contributed by atoms with E-state index in [0.29, 0.717) is 5.75 Å². The van der Waals surface area contributed by atoms with E-state index < -0.39 is 0 Å². The number of guanidine groups is 1. The smallest absolute Gasteiger partial charge is 0.193 e. The number of aromatic hydroxyl groups is 1. The molecule has 6 nitrogen and oxygen atoms in total. The van der Waals surface area contributed by atoms with Crippen LogP contribution in [0, 0.1) is 5.92 Å². The molecule has 2 fully saturated rings. The van der Waals surface area contributed by atoms with Gasteiger partial charge in [-0.1, -0.05) is 19.1 Å². The van der Waals surface area contributed by atoms with Gasteiger partial charge in [-0.25, -0.2) is 0 Å². The summed E-state index contributed by atoms with van der Waals surface area (Å²) in [6, 6.07) is 7.58. The Morgan fingerprint density at radius 3 is 2.48 bits per heavy atom. The number of anilines is 1. The zero-order valence-electron chi connectivity index (χ0n) is 16.9. The van der Waals surface area contributed by atoms with Crippen LogP contribution >= 0.6 is 0 Å². The van der Waals surface area contributed by atoms with E-state index >= 15 is 0 Å². The molecule has 0 aromatic heterocycles. The van der Waals surface area contributed by atoms with Crippen molar-refractivity contribution in [1.29, 1.82) is 0 Å². The van der Waals surface area contributed by atoms with E-state index in [-0.39, 0.29) is 0 Å². The van der Waals surface area contributed by atoms with Crippen molar-refractivity contribution in [2.45, 2.75) is 26.2 Å². The SMILES string of the molecule is CN=C(NCCCN1CCC(C)CC1)N1CCN(c2ccccc2O)CC1. The molecule has 3 rings (SSSR count). The van der Waals surface area contributed by atoms with Crippen LogP contribution in [0.1, 0.15) is 26.2 Å². The fourth-order valence-corrected chi connectivity index (χ4v) is 4.01. The van der Waals surface area contributed by atoms with Crippen LogP contribution in [0.4, 0.5) is 5.69 Å². The van der Waals surface area contributed by atoms with Crippen molar-refractivity contribution in [1.82, 2.24) is 15.1 Å². The number of hydrogen-bond donors (Lipinski definition) is 2. The van der Waals surface area contributed by atoms with Gasteiger partial charge in [-0.2, -0.15) is 0 Å². The highest BCUT2D eigenvalue weighted by Gasteiger charge is 2.21. The van der Waals surface area contributed by atoms with Gasteiger partial charge in [0, 0.05) is 39.8 Å². The first-order valence-corrected chi connectivity index (χ1v) is 10.4. The van der Waals surface area contributed by atoms with Crippen molar-refractivity contribution in [3.05, 3.63) is 24.3 Å². The third-order valence-electron chi connectivity index (χ3n) is 5.82. The van der Waals surface area contributed by atoms with Crippen molar-refractivity contribution in [2.75, 3.05) is 64.3 Å². The number of piperazine rings is 1. The Morgan fingerprint density at radius 1 is 1.11 bits per heavy atom. The normalized spacial score (nSPS) is 20.1. The number of rotatable bonds is 5. The second-order valence-electron chi connectivity index (χ2n) is 7.81. The number of phenols is 1. The molecular weight excluding hydrogens is 338 g/mol. The molecule has 150 valence electrons. The Balaban J connectivity index is 1.38. The monoisotopic (exact) mass is 373 g/mol. The zero-order valence-corrected chi connectivity index (χ0v) is 16.9. The molecule has 0 spiro atoms. The Hall–Kier alpha value is -1.95. The molecule has 1 aromatic rings. The quantitative estimate of drug-likeness (QED) is 0.471. The predicted octanol–water partition coefficient (Wildman–Crippen LogP) is 2.21. The Morgan fingerprint density at radius 2 is 1.81 bits per heavy atom. The second-order valence-corrected chi connectivity index (χ2v) is 7.81. The molecule has 2 aliphatic rings. The topological polar surface area (TPSA) is 54.3 Å². The molecule has 0 saturated carbocycles. The fourth-order valence-electron chi connectivity index (χ4n) is 4.01. The van der Waals surface area contributed by atoms with Crippen LogP contribution in [0.5, 0.6) is 5.75 Å². The highest BCUT2D eigenvalue weighted by Crippen LogP contribution is 2.27. The van der Waals surface area contributed by atoms with Gasteiger partial charge in [0.2, 0.25) is 0 Å². The Kier molecular flexibility index (Phi) is 7.21. The summed E-state index contributed by atoms with van der Waals surface area (Å²) in [7, 11) is 1.86. The highest BCUT2D eigenvalue weighted by atomic mass is 16.3. The maximum absolute atomic E-state index is 10.1. The van der Waals surface area contributed by atoms with Crippen LogP contribution in [-0.4, -0.2) is 80.3 Å². The lowest BCUT2D eigenvalue weighted by molar-refractivity contribution is 0.191. The number of hydrogen-bond acceptors (Lipinski definition) is 4. The summed E-state index contributed by atoms with van der Waals surface area (Å²) >= 11 is 0. The van der Waals surface area contributed by atoms with Crippen molar-refractivity contribution in [2.24, 2.45) is 10.9 Å². The number of aliphatic imine (C=N–C) groups is 1. The lowest BCUT2D eigenvalue weighted by Gasteiger charge is -2.38. The van der Waals surface area contributed by atoms with Gasteiger partial charge < -0.3 is 25.1 Å². The van der Waals surface area contributed by atoms with Gasteiger partial charge >= 0.3 is 0 Å². The molecule has 0 amide bonds. The lowest BCUT2D eigenvalue weighted by Crippen LogP contribution is -2.52. The van der Waals surface area contributed by atoms with E-state index in [0.717, 1.165) is 56.7 Å². The van der Waals surface area contributed by atoms with Crippen molar-refractivity contribution in [3.63, 3.8) is 0 Å². The minimum atomic E-state index is 0.362. The summed E-state index contributed by atoms with van der Waals surface area (Å²) in [5.41, 5.74) is 0.927. The highest BCUT2D eigenvalue weighted by molar-refractivity contribution is 5.80. The summed E-state index contributed by atoms with van der Waals surface area (Å²) in [6.45, 7) is 10.6. The average molecular weight is 374 g/mol. The molecule has 0 bridgehead atoms. The third-order valence-corrected chi connectivity index (χ3v) is 5.82. The predicted molar refractivity (Wildman–Crippen MR) is 113 cm³/mol. The molecule has 2 aliphatic heterocycles. The van der Waals surface area contributed by atoms with E-state index in [1.807, 2.05) is 25.2 Å². The minimum Gasteiger partial charge on any atom is -0.506 e. The van der Waals surface area contributed by atoms with E-state index in [4.69, 9.17) is 0 Å². The third kappa shape index (κ3) is 5.51. The van der Waals surface area contributed by atoms with Crippen LogP contribution in [0.25, 0.3) is 0 Å². The largest absolute Gasteiger partial charge is 0.506 e. The van der Waals surface area contributed by atoms with Gasteiger partial charge in [0.25, 0.3) is 0 Å². The molecule has 2 saturated heterocycles. The van der Waals surface area contributed by atoms with Crippen LogP contribution in [0.15, 0.2) is 29.3 Å². The van der Waals surface area contributed by atoms with Gasteiger partial charge in [0.15, 0.2) is 5.96 Å². The number of likely N-dealkylation sites (tertiary alicyclic amines) is 1. The van der Waals surface area contributed by atoms with Gasteiger partial charge in [-0.15, -0.1) is 0 Å². The zero-order chi connectivity index (χ0) is 19.1. The maximum atomic E-state index is 10.1. The lowest BCUT2D eigenvalue weighted by atomic mass is 9.99. The van der Waals surface area contributed by atoms with Crippen LogP contribution in [0.3, 0.4) is 0 Å². The molecular formula is C21H35N5O. The van der Waals surface area contributed by atoms with Gasteiger partial charge in [-0.3, -0.25) is 4.99 Å². The first kappa shape index (κ1) is 19.8. The Labute approximate surface area is 163 Å². The molecule has 0 atom stereocenters.